The Kier molecular flexibility index (Phi) is 3.72. The molecule has 0 bridgehead atoms. The number of hydrogen-bond acceptors (Lipinski definition) is 4. The monoisotopic (exact) mass is 251 g/mol. The molecule has 1 amide bonds. The summed E-state index contributed by atoms with van der Waals surface area (Å²) in [5.74, 6) is -0.884. The molecule has 1 aromatic rings. The second-order valence-corrected chi connectivity index (χ2v) is 4.55. The number of hydrogen-bond donors (Lipinski definition) is 3. The molecule has 1 heterocycles. The third kappa shape index (κ3) is 2.73. The average molecular weight is 251 g/mol. The van der Waals surface area contributed by atoms with Crippen LogP contribution < -0.4 is 5.32 Å². The molecule has 1 saturated heterocycles. The Bertz CT molecular complexity index is 426. The van der Waals surface area contributed by atoms with Crippen molar-refractivity contribution in [3.63, 3.8) is 0 Å². The second-order valence-electron chi connectivity index (χ2n) is 4.55. The minimum Gasteiger partial charge on any atom is -0.507 e. The van der Waals surface area contributed by atoms with E-state index in [2.05, 4.69) is 5.32 Å². The maximum Gasteiger partial charge on any atom is 0.259 e. The number of ether oxygens (including phenoxy) is 1. The Morgan fingerprint density at radius 1 is 1.39 bits per heavy atom. The number of carbonyl (C=O) groups excluding carboxylic acids is 1. The molecule has 1 aliphatic rings. The number of amides is 1. The van der Waals surface area contributed by atoms with E-state index in [4.69, 9.17) is 4.74 Å². The van der Waals surface area contributed by atoms with E-state index in [1.165, 1.54) is 18.2 Å². The summed E-state index contributed by atoms with van der Waals surface area (Å²) >= 11 is 0. The smallest absolute Gasteiger partial charge is 0.259 e. The van der Waals surface area contributed by atoms with E-state index in [1.807, 2.05) is 6.92 Å². The molecule has 1 aliphatic heterocycles. The van der Waals surface area contributed by atoms with Gasteiger partial charge in [-0.2, -0.15) is 0 Å². The van der Waals surface area contributed by atoms with Gasteiger partial charge in [0.15, 0.2) is 0 Å². The summed E-state index contributed by atoms with van der Waals surface area (Å²) < 4.78 is 5.39. The molecule has 5 heteroatoms. The molecule has 18 heavy (non-hydrogen) atoms. The van der Waals surface area contributed by atoms with Gasteiger partial charge in [-0.15, -0.1) is 0 Å². The molecule has 98 valence electrons. The van der Waals surface area contributed by atoms with Gasteiger partial charge in [-0.3, -0.25) is 4.79 Å². The van der Waals surface area contributed by atoms with Crippen LogP contribution in [-0.4, -0.2) is 34.9 Å². The van der Waals surface area contributed by atoms with Crippen molar-refractivity contribution in [2.24, 2.45) is 0 Å². The topological polar surface area (TPSA) is 78.8 Å². The number of phenols is 2. The normalized spacial score (nSPS) is 23.6. The van der Waals surface area contributed by atoms with Crippen LogP contribution in [0.1, 0.15) is 30.1 Å². The minimum atomic E-state index is -0.454. The number of rotatable bonds is 2. The number of carbonyl (C=O) groups is 1. The highest BCUT2D eigenvalue weighted by atomic mass is 16.5. The molecule has 2 rings (SSSR count). The van der Waals surface area contributed by atoms with Crippen molar-refractivity contribution in [3.05, 3.63) is 23.8 Å². The van der Waals surface area contributed by atoms with E-state index in [-0.39, 0.29) is 29.2 Å². The molecule has 3 N–H and O–H groups in total. The van der Waals surface area contributed by atoms with Crippen molar-refractivity contribution < 1.29 is 19.7 Å². The van der Waals surface area contributed by atoms with Gasteiger partial charge in [-0.1, -0.05) is 6.07 Å². The van der Waals surface area contributed by atoms with E-state index in [0.29, 0.717) is 6.61 Å². The Hall–Kier alpha value is -1.75. The highest BCUT2D eigenvalue weighted by Crippen LogP contribution is 2.26. The van der Waals surface area contributed by atoms with Gasteiger partial charge in [0.05, 0.1) is 6.10 Å². The first-order valence-corrected chi connectivity index (χ1v) is 6.01. The van der Waals surface area contributed by atoms with E-state index in [9.17, 15) is 15.0 Å². The zero-order chi connectivity index (χ0) is 13.1. The summed E-state index contributed by atoms with van der Waals surface area (Å²) in [7, 11) is 0. The van der Waals surface area contributed by atoms with E-state index in [1.54, 1.807) is 0 Å². The summed E-state index contributed by atoms with van der Waals surface area (Å²) in [4.78, 5) is 12.0. The highest BCUT2D eigenvalue weighted by Gasteiger charge is 2.23. The van der Waals surface area contributed by atoms with Crippen molar-refractivity contribution >= 4 is 5.91 Å². The summed E-state index contributed by atoms with van der Waals surface area (Å²) in [5, 5.41) is 22.0. The predicted molar refractivity (Wildman–Crippen MR) is 65.7 cm³/mol. The number of nitrogens with one attached hydrogen (secondary N) is 1. The van der Waals surface area contributed by atoms with Gasteiger partial charge >= 0.3 is 0 Å². The zero-order valence-electron chi connectivity index (χ0n) is 10.2. The summed E-state index contributed by atoms with van der Waals surface area (Å²) in [6.45, 7) is 2.56. The van der Waals surface area contributed by atoms with Crippen molar-refractivity contribution in [1.29, 1.82) is 0 Å². The molecular weight excluding hydrogens is 234 g/mol. The maximum absolute atomic E-state index is 12.0. The summed E-state index contributed by atoms with van der Waals surface area (Å²) in [6.07, 6.45) is 1.59. The first-order chi connectivity index (χ1) is 8.58. The van der Waals surface area contributed by atoms with Crippen LogP contribution in [0.15, 0.2) is 18.2 Å². The third-order valence-electron chi connectivity index (χ3n) is 3.07. The van der Waals surface area contributed by atoms with E-state index < -0.39 is 5.91 Å². The van der Waals surface area contributed by atoms with Crippen molar-refractivity contribution in [2.75, 3.05) is 6.61 Å². The SMILES string of the molecule is CC1CC(NC(=O)c2c(O)cccc2O)CCO1. The second kappa shape index (κ2) is 5.27. The Labute approximate surface area is 105 Å². The molecule has 0 aliphatic carbocycles. The van der Waals surface area contributed by atoms with Crippen LogP contribution >= 0.6 is 0 Å². The highest BCUT2D eigenvalue weighted by molar-refractivity contribution is 5.99. The van der Waals surface area contributed by atoms with Gasteiger partial charge in [0, 0.05) is 12.6 Å². The fourth-order valence-electron chi connectivity index (χ4n) is 2.15. The zero-order valence-corrected chi connectivity index (χ0v) is 10.2. The van der Waals surface area contributed by atoms with Crippen LogP contribution in [0.4, 0.5) is 0 Å². The first-order valence-electron chi connectivity index (χ1n) is 6.01. The lowest BCUT2D eigenvalue weighted by molar-refractivity contribution is 0.0136. The number of aromatic hydroxyl groups is 2. The largest absolute Gasteiger partial charge is 0.507 e. The molecular formula is C13H17NO4. The molecule has 0 radical (unpaired) electrons. The molecule has 1 aromatic carbocycles. The lowest BCUT2D eigenvalue weighted by Crippen LogP contribution is -2.41. The van der Waals surface area contributed by atoms with Crippen LogP contribution in [0.5, 0.6) is 11.5 Å². The third-order valence-corrected chi connectivity index (χ3v) is 3.07. The van der Waals surface area contributed by atoms with E-state index in [0.717, 1.165) is 12.8 Å². The minimum absolute atomic E-state index is 0.0141. The predicted octanol–water partition coefficient (Wildman–Crippen LogP) is 1.40. The van der Waals surface area contributed by atoms with Gasteiger partial charge in [-0.05, 0) is 31.9 Å². The lowest BCUT2D eigenvalue weighted by Gasteiger charge is -2.28. The Morgan fingerprint density at radius 3 is 2.67 bits per heavy atom. The van der Waals surface area contributed by atoms with Gasteiger partial charge in [-0.25, -0.2) is 0 Å². The van der Waals surface area contributed by atoms with Crippen LogP contribution in [-0.2, 0) is 4.74 Å². The standard InChI is InChI=1S/C13H17NO4/c1-8-7-9(5-6-18-8)14-13(17)12-10(15)3-2-4-11(12)16/h2-4,8-9,15-16H,5-7H2,1H3,(H,14,17). The Balaban J connectivity index is 2.07. The molecule has 1 fully saturated rings. The van der Waals surface area contributed by atoms with Crippen LogP contribution in [0.25, 0.3) is 0 Å². The van der Waals surface area contributed by atoms with Gasteiger partial charge in [0.1, 0.15) is 17.1 Å². The fourth-order valence-corrected chi connectivity index (χ4v) is 2.15. The number of phenolic OH excluding ortho intramolecular Hbond substituents is 2. The molecule has 0 spiro atoms. The molecule has 0 aromatic heterocycles. The lowest BCUT2D eigenvalue weighted by atomic mass is 10.0. The van der Waals surface area contributed by atoms with Crippen LogP contribution in [0.3, 0.4) is 0 Å². The summed E-state index contributed by atoms with van der Waals surface area (Å²) in [6, 6.07) is 4.25. The van der Waals surface area contributed by atoms with Crippen molar-refractivity contribution in [2.45, 2.75) is 31.9 Å². The van der Waals surface area contributed by atoms with Gasteiger partial charge in [0.2, 0.25) is 0 Å². The quantitative estimate of drug-likeness (QED) is 0.742. The molecule has 0 saturated carbocycles. The van der Waals surface area contributed by atoms with Crippen molar-refractivity contribution in [3.8, 4) is 11.5 Å². The van der Waals surface area contributed by atoms with Gasteiger partial charge < -0.3 is 20.3 Å². The fraction of sp³-hybridized carbons (Fsp3) is 0.462. The molecule has 2 atom stereocenters. The molecule has 5 nitrogen and oxygen atoms in total. The number of benzene rings is 1. The summed E-state index contributed by atoms with van der Waals surface area (Å²) in [5.41, 5.74) is -0.0726. The van der Waals surface area contributed by atoms with E-state index >= 15 is 0 Å². The molecule has 2 unspecified atom stereocenters. The average Bonchev–Trinajstić information content (AvgIpc) is 2.28. The van der Waals surface area contributed by atoms with Crippen LogP contribution in [0, 0.1) is 0 Å². The van der Waals surface area contributed by atoms with Gasteiger partial charge in [0.25, 0.3) is 5.91 Å². The first kappa shape index (κ1) is 12.7. The van der Waals surface area contributed by atoms with Crippen molar-refractivity contribution in [1.82, 2.24) is 5.32 Å². The van der Waals surface area contributed by atoms with Crippen LogP contribution in [0.2, 0.25) is 0 Å². The maximum atomic E-state index is 12.0. The Morgan fingerprint density at radius 2 is 2.06 bits per heavy atom.